The fourth-order valence-electron chi connectivity index (χ4n) is 3.38. The lowest BCUT2D eigenvalue weighted by atomic mass is 10.1. The van der Waals surface area contributed by atoms with Crippen molar-refractivity contribution in [3.05, 3.63) is 114 Å². The third-order valence-corrected chi connectivity index (χ3v) is 6.94. The molecule has 8 heteroatoms. The quantitative estimate of drug-likeness (QED) is 0.387. The number of rotatable bonds is 7. The van der Waals surface area contributed by atoms with Crippen LogP contribution in [0, 0.1) is 6.92 Å². The number of hydrogen-bond acceptors (Lipinski definition) is 5. The van der Waals surface area contributed by atoms with Gasteiger partial charge in [-0.15, -0.1) is 0 Å². The summed E-state index contributed by atoms with van der Waals surface area (Å²) in [4.78, 5) is 24.2. The van der Waals surface area contributed by atoms with E-state index in [1.807, 2.05) is 25.1 Å². The van der Waals surface area contributed by atoms with Gasteiger partial charge < -0.3 is 9.84 Å². The van der Waals surface area contributed by atoms with E-state index in [-0.39, 0.29) is 22.8 Å². The van der Waals surface area contributed by atoms with E-state index in [4.69, 9.17) is 9.84 Å². The van der Waals surface area contributed by atoms with E-state index in [9.17, 15) is 18.0 Å². The number of carbonyl (C=O) groups excluding carboxylic acids is 1. The van der Waals surface area contributed by atoms with Crippen LogP contribution in [0.5, 0.6) is 0 Å². The van der Waals surface area contributed by atoms with E-state index >= 15 is 0 Å². The molecule has 0 saturated carbocycles. The number of esters is 1. The van der Waals surface area contributed by atoms with Crippen LogP contribution < -0.4 is 0 Å². The van der Waals surface area contributed by atoms with Crippen LogP contribution >= 0.6 is 0 Å². The molecule has 0 aliphatic heterocycles. The third kappa shape index (κ3) is 4.77. The molecule has 0 aliphatic carbocycles. The van der Waals surface area contributed by atoms with Gasteiger partial charge in [0.05, 0.1) is 10.5 Å². The number of nitrogens with zero attached hydrogens (tertiary/aromatic N) is 1. The summed E-state index contributed by atoms with van der Waals surface area (Å²) in [6, 6.07) is 22.7. The molecule has 7 nitrogen and oxygen atoms in total. The van der Waals surface area contributed by atoms with E-state index in [0.717, 1.165) is 15.1 Å². The second kappa shape index (κ2) is 9.36. The molecule has 4 rings (SSSR count). The molecule has 34 heavy (non-hydrogen) atoms. The number of benzene rings is 3. The van der Waals surface area contributed by atoms with Gasteiger partial charge in [-0.1, -0.05) is 60.2 Å². The SMILES string of the molecule is Cc1ccc(S(=O)(=O)n2cc(-c3ccc(C(=O)O)cc3)cc2C(=O)OCc2ccccc2)cc1. The second-order valence-corrected chi connectivity index (χ2v) is 9.49. The van der Waals surface area contributed by atoms with E-state index in [0.29, 0.717) is 11.1 Å². The van der Waals surface area contributed by atoms with Crippen molar-refractivity contribution in [3.63, 3.8) is 0 Å². The van der Waals surface area contributed by atoms with E-state index < -0.39 is 22.0 Å². The Morgan fingerprint density at radius 2 is 1.53 bits per heavy atom. The normalized spacial score (nSPS) is 11.2. The molecular formula is C26H21NO6S. The first kappa shape index (κ1) is 23.0. The first-order valence-electron chi connectivity index (χ1n) is 10.3. The molecule has 0 bridgehead atoms. The molecule has 0 amide bonds. The van der Waals surface area contributed by atoms with Crippen molar-refractivity contribution in [1.82, 2.24) is 3.97 Å². The maximum Gasteiger partial charge on any atom is 0.356 e. The summed E-state index contributed by atoms with van der Waals surface area (Å²) in [5.74, 6) is -1.87. The molecule has 4 aromatic rings. The summed E-state index contributed by atoms with van der Waals surface area (Å²) in [7, 11) is -4.10. The summed E-state index contributed by atoms with van der Waals surface area (Å²) in [5.41, 5.74) is 2.58. The molecule has 0 unspecified atom stereocenters. The van der Waals surface area contributed by atoms with Crippen LogP contribution in [0.2, 0.25) is 0 Å². The zero-order valence-electron chi connectivity index (χ0n) is 18.2. The standard InChI is InChI=1S/C26H21NO6S/c1-18-7-13-23(14-8-18)34(31,32)27-16-22(20-9-11-21(12-10-20)25(28)29)15-24(27)26(30)33-17-19-5-3-2-4-6-19/h2-16H,17H2,1H3,(H,28,29). The minimum absolute atomic E-state index is 0.0158. The van der Waals surface area contributed by atoms with E-state index in [1.165, 1.54) is 36.5 Å². The smallest absolute Gasteiger partial charge is 0.356 e. The molecule has 3 aromatic carbocycles. The summed E-state index contributed by atoms with van der Waals surface area (Å²) in [5, 5.41) is 9.13. The van der Waals surface area contributed by atoms with Gasteiger partial charge in [0.25, 0.3) is 10.0 Å². The molecule has 0 fully saturated rings. The Kier molecular flexibility index (Phi) is 6.34. The van der Waals surface area contributed by atoms with Crippen molar-refractivity contribution in [2.45, 2.75) is 18.4 Å². The molecule has 0 saturated heterocycles. The summed E-state index contributed by atoms with van der Waals surface area (Å²) in [6.07, 6.45) is 1.34. The number of aromatic carboxylic acids is 1. The van der Waals surface area contributed by atoms with Gasteiger partial charge in [-0.05, 0) is 48.4 Å². The molecule has 1 heterocycles. The fraction of sp³-hybridized carbons (Fsp3) is 0.0769. The number of carboxylic acid groups (broad SMARTS) is 1. The zero-order chi connectivity index (χ0) is 24.3. The van der Waals surface area contributed by atoms with E-state index in [1.54, 1.807) is 36.4 Å². The molecule has 1 N–H and O–H groups in total. The number of carboxylic acids is 1. The highest BCUT2D eigenvalue weighted by Gasteiger charge is 2.26. The third-order valence-electron chi connectivity index (χ3n) is 5.25. The van der Waals surface area contributed by atoms with Crippen LogP contribution in [0.3, 0.4) is 0 Å². The average Bonchev–Trinajstić information content (AvgIpc) is 3.30. The Morgan fingerprint density at radius 1 is 0.882 bits per heavy atom. The van der Waals surface area contributed by atoms with E-state index in [2.05, 4.69) is 0 Å². The van der Waals surface area contributed by atoms with Crippen molar-refractivity contribution in [1.29, 1.82) is 0 Å². The maximum atomic E-state index is 13.4. The zero-order valence-corrected chi connectivity index (χ0v) is 19.0. The van der Waals surface area contributed by atoms with Crippen LogP contribution in [-0.2, 0) is 21.4 Å². The van der Waals surface area contributed by atoms with Crippen molar-refractivity contribution in [2.75, 3.05) is 0 Å². The average molecular weight is 476 g/mol. The Morgan fingerprint density at radius 3 is 2.15 bits per heavy atom. The van der Waals surface area contributed by atoms with Crippen molar-refractivity contribution < 1.29 is 27.9 Å². The predicted octanol–water partition coefficient (Wildman–Crippen LogP) is 4.76. The topological polar surface area (TPSA) is 103 Å². The van der Waals surface area contributed by atoms with Crippen molar-refractivity contribution in [3.8, 4) is 11.1 Å². The first-order chi connectivity index (χ1) is 16.3. The lowest BCUT2D eigenvalue weighted by molar-refractivity contribution is 0.0464. The lowest BCUT2D eigenvalue weighted by Gasteiger charge is -2.11. The number of carbonyl (C=O) groups is 2. The monoisotopic (exact) mass is 475 g/mol. The highest BCUT2D eigenvalue weighted by molar-refractivity contribution is 7.90. The lowest BCUT2D eigenvalue weighted by Crippen LogP contribution is -2.19. The molecule has 172 valence electrons. The van der Waals surface area contributed by atoms with Crippen LogP contribution in [-0.4, -0.2) is 29.4 Å². The Hall–Kier alpha value is -4.17. The minimum atomic E-state index is -4.10. The van der Waals surface area contributed by atoms with Crippen LogP contribution in [0.25, 0.3) is 11.1 Å². The molecule has 1 aromatic heterocycles. The van der Waals surface area contributed by atoms with Gasteiger partial charge in [-0.25, -0.2) is 22.0 Å². The molecule has 0 atom stereocenters. The second-order valence-electron chi connectivity index (χ2n) is 7.67. The number of aryl methyl sites for hydroxylation is 1. The molecular weight excluding hydrogens is 454 g/mol. The van der Waals surface area contributed by atoms with Gasteiger partial charge in [0.2, 0.25) is 0 Å². The molecule has 0 aliphatic rings. The van der Waals surface area contributed by atoms with Gasteiger partial charge in [0.15, 0.2) is 0 Å². The highest BCUT2D eigenvalue weighted by atomic mass is 32.2. The van der Waals surface area contributed by atoms with Crippen LogP contribution in [0.4, 0.5) is 0 Å². The number of ether oxygens (including phenoxy) is 1. The van der Waals surface area contributed by atoms with Crippen LogP contribution in [0.15, 0.2) is 96.0 Å². The first-order valence-corrected chi connectivity index (χ1v) is 11.8. The Labute approximate surface area is 196 Å². The minimum Gasteiger partial charge on any atom is -0.478 e. The Bertz CT molecular complexity index is 1440. The van der Waals surface area contributed by atoms with Gasteiger partial charge in [-0.3, -0.25) is 0 Å². The fourth-order valence-corrected chi connectivity index (χ4v) is 4.72. The summed E-state index contributed by atoms with van der Waals surface area (Å²) in [6.45, 7) is 1.83. The van der Waals surface area contributed by atoms with Gasteiger partial charge in [0, 0.05) is 11.8 Å². The summed E-state index contributed by atoms with van der Waals surface area (Å²) < 4.78 is 33.1. The summed E-state index contributed by atoms with van der Waals surface area (Å²) >= 11 is 0. The largest absolute Gasteiger partial charge is 0.478 e. The van der Waals surface area contributed by atoms with Gasteiger partial charge in [0.1, 0.15) is 12.3 Å². The van der Waals surface area contributed by atoms with Gasteiger partial charge >= 0.3 is 11.9 Å². The van der Waals surface area contributed by atoms with Crippen molar-refractivity contribution in [2.24, 2.45) is 0 Å². The number of aromatic nitrogens is 1. The predicted molar refractivity (Wildman–Crippen MR) is 126 cm³/mol. The number of hydrogen-bond donors (Lipinski definition) is 1. The Balaban J connectivity index is 1.75. The van der Waals surface area contributed by atoms with Gasteiger partial charge in [-0.2, -0.15) is 0 Å². The molecule has 0 radical (unpaired) electrons. The highest BCUT2D eigenvalue weighted by Crippen LogP contribution is 2.27. The van der Waals surface area contributed by atoms with Crippen molar-refractivity contribution >= 4 is 22.0 Å². The van der Waals surface area contributed by atoms with Crippen LogP contribution in [0.1, 0.15) is 32.0 Å². The molecule has 0 spiro atoms. The maximum absolute atomic E-state index is 13.4.